The van der Waals surface area contributed by atoms with E-state index in [0.29, 0.717) is 6.42 Å². The molecule has 0 bridgehead atoms. The fraction of sp³-hybridized carbons (Fsp3) is 0.364. The molecule has 0 amide bonds. The maximum absolute atomic E-state index is 10.9. The van der Waals surface area contributed by atoms with Crippen molar-refractivity contribution in [1.82, 2.24) is 0 Å². The molecule has 0 aliphatic heterocycles. The van der Waals surface area contributed by atoms with Gasteiger partial charge in [0, 0.05) is 11.4 Å². The predicted octanol–water partition coefficient (Wildman–Crippen LogP) is 3.09. The molecule has 0 radical (unpaired) electrons. The van der Waals surface area contributed by atoms with Crippen molar-refractivity contribution in [3.8, 4) is 0 Å². The minimum atomic E-state index is 0.144. The lowest BCUT2D eigenvalue weighted by Crippen LogP contribution is -1.98. The molecule has 0 unspecified atom stereocenters. The van der Waals surface area contributed by atoms with Crippen molar-refractivity contribution < 1.29 is 4.79 Å². The van der Waals surface area contributed by atoms with E-state index < -0.39 is 0 Å². The summed E-state index contributed by atoms with van der Waals surface area (Å²) in [5, 5.41) is 0.732. The molecular weight excluding hydrogens is 184 g/mol. The first-order valence-electron chi connectivity index (χ1n) is 4.26. The highest BCUT2D eigenvalue weighted by atomic mass is 35.5. The van der Waals surface area contributed by atoms with Gasteiger partial charge < -0.3 is 0 Å². The summed E-state index contributed by atoms with van der Waals surface area (Å²) in [6, 6.07) is 3.92. The van der Waals surface area contributed by atoms with Crippen LogP contribution in [0.25, 0.3) is 0 Å². The molecule has 0 saturated carbocycles. The molecule has 0 aromatic heterocycles. The standard InChI is InChI=1S/C11H13ClO/c1-7-4-5-10(6-8(2)13)11(12)9(7)3/h4-5H,6H2,1-3H3. The van der Waals surface area contributed by atoms with Crippen molar-refractivity contribution in [2.75, 3.05) is 0 Å². The van der Waals surface area contributed by atoms with E-state index in [2.05, 4.69) is 0 Å². The third-order valence-electron chi connectivity index (χ3n) is 2.18. The number of carbonyl (C=O) groups is 1. The molecule has 0 aliphatic rings. The molecule has 2 heteroatoms. The van der Waals surface area contributed by atoms with Crippen molar-refractivity contribution in [3.05, 3.63) is 33.8 Å². The van der Waals surface area contributed by atoms with E-state index in [0.717, 1.165) is 21.7 Å². The maximum Gasteiger partial charge on any atom is 0.134 e. The normalized spacial score (nSPS) is 10.2. The van der Waals surface area contributed by atoms with Crippen molar-refractivity contribution in [2.24, 2.45) is 0 Å². The second-order valence-corrected chi connectivity index (χ2v) is 3.74. The number of carbonyl (C=O) groups excluding carboxylic acids is 1. The van der Waals surface area contributed by atoms with E-state index in [1.807, 2.05) is 26.0 Å². The molecule has 0 heterocycles. The number of hydrogen-bond donors (Lipinski definition) is 0. The molecule has 13 heavy (non-hydrogen) atoms. The van der Waals surface area contributed by atoms with Gasteiger partial charge in [0.15, 0.2) is 0 Å². The first-order valence-corrected chi connectivity index (χ1v) is 4.64. The van der Waals surface area contributed by atoms with Gasteiger partial charge in [-0.15, -0.1) is 0 Å². The maximum atomic E-state index is 10.9. The van der Waals surface area contributed by atoms with Crippen LogP contribution >= 0.6 is 11.6 Å². The van der Waals surface area contributed by atoms with Crippen molar-refractivity contribution in [2.45, 2.75) is 27.2 Å². The molecular formula is C11H13ClO. The average Bonchev–Trinajstić information content (AvgIpc) is 2.06. The van der Waals surface area contributed by atoms with Gasteiger partial charge >= 0.3 is 0 Å². The second-order valence-electron chi connectivity index (χ2n) is 3.36. The monoisotopic (exact) mass is 196 g/mol. The molecule has 0 aliphatic carbocycles. The van der Waals surface area contributed by atoms with Crippen LogP contribution in [0.1, 0.15) is 23.6 Å². The summed E-state index contributed by atoms with van der Waals surface area (Å²) in [7, 11) is 0. The average molecular weight is 197 g/mol. The van der Waals surface area contributed by atoms with Crippen molar-refractivity contribution in [1.29, 1.82) is 0 Å². The summed E-state index contributed by atoms with van der Waals surface area (Å²) >= 11 is 6.09. The highest BCUT2D eigenvalue weighted by Crippen LogP contribution is 2.23. The van der Waals surface area contributed by atoms with Gasteiger partial charge in [0.2, 0.25) is 0 Å². The number of rotatable bonds is 2. The molecule has 0 N–H and O–H groups in total. The quantitative estimate of drug-likeness (QED) is 0.711. The van der Waals surface area contributed by atoms with Gasteiger partial charge in [-0.25, -0.2) is 0 Å². The molecule has 1 nitrogen and oxygen atoms in total. The summed E-state index contributed by atoms with van der Waals surface area (Å²) in [6.07, 6.45) is 0.431. The van der Waals surface area contributed by atoms with Gasteiger partial charge in [0.05, 0.1) is 0 Å². The first-order chi connectivity index (χ1) is 6.02. The molecule has 70 valence electrons. The van der Waals surface area contributed by atoms with E-state index in [-0.39, 0.29) is 5.78 Å². The van der Waals surface area contributed by atoms with E-state index in [1.165, 1.54) is 0 Å². The lowest BCUT2D eigenvalue weighted by atomic mass is 10.0. The number of ketones is 1. The summed E-state index contributed by atoms with van der Waals surface area (Å²) in [6.45, 7) is 5.56. The van der Waals surface area contributed by atoms with Crippen LogP contribution in [0.15, 0.2) is 12.1 Å². The van der Waals surface area contributed by atoms with Crippen LogP contribution in [0.3, 0.4) is 0 Å². The predicted molar refractivity (Wildman–Crippen MR) is 55.3 cm³/mol. The first kappa shape index (κ1) is 10.3. The number of benzene rings is 1. The van der Waals surface area contributed by atoms with E-state index >= 15 is 0 Å². The van der Waals surface area contributed by atoms with Crippen LogP contribution in [-0.4, -0.2) is 5.78 Å². The minimum absolute atomic E-state index is 0.144. The zero-order valence-electron chi connectivity index (χ0n) is 8.15. The Morgan fingerprint density at radius 3 is 2.54 bits per heavy atom. The molecule has 0 atom stereocenters. The Labute approximate surface area is 83.7 Å². The summed E-state index contributed by atoms with van der Waals surface area (Å²) < 4.78 is 0. The highest BCUT2D eigenvalue weighted by Gasteiger charge is 2.06. The fourth-order valence-electron chi connectivity index (χ4n) is 1.24. The fourth-order valence-corrected chi connectivity index (χ4v) is 1.52. The van der Waals surface area contributed by atoms with E-state index in [1.54, 1.807) is 6.92 Å². The minimum Gasteiger partial charge on any atom is -0.300 e. The Morgan fingerprint density at radius 2 is 2.00 bits per heavy atom. The second kappa shape index (κ2) is 3.93. The van der Waals surface area contributed by atoms with Crippen LogP contribution < -0.4 is 0 Å². The summed E-state index contributed by atoms with van der Waals surface area (Å²) in [4.78, 5) is 10.9. The van der Waals surface area contributed by atoms with Gasteiger partial charge in [0.1, 0.15) is 5.78 Å². The van der Waals surface area contributed by atoms with Crippen molar-refractivity contribution in [3.63, 3.8) is 0 Å². The molecule has 1 rings (SSSR count). The Balaban J connectivity index is 3.10. The lowest BCUT2D eigenvalue weighted by molar-refractivity contribution is -0.116. The van der Waals surface area contributed by atoms with E-state index in [4.69, 9.17) is 11.6 Å². The number of Topliss-reactive ketones (excluding diaryl/α,β-unsaturated/α-hetero) is 1. The molecule has 1 aromatic rings. The SMILES string of the molecule is CC(=O)Cc1ccc(C)c(C)c1Cl. The van der Waals surface area contributed by atoms with Gasteiger partial charge in [-0.05, 0) is 37.5 Å². The Bertz CT molecular complexity index is 342. The van der Waals surface area contributed by atoms with Crippen LogP contribution in [-0.2, 0) is 11.2 Å². The van der Waals surface area contributed by atoms with Crippen LogP contribution in [0.2, 0.25) is 5.02 Å². The zero-order chi connectivity index (χ0) is 10.0. The summed E-state index contributed by atoms with van der Waals surface area (Å²) in [5.41, 5.74) is 3.16. The Kier molecular flexibility index (Phi) is 3.10. The largest absolute Gasteiger partial charge is 0.300 e. The van der Waals surface area contributed by atoms with Gasteiger partial charge in [-0.3, -0.25) is 4.79 Å². The lowest BCUT2D eigenvalue weighted by Gasteiger charge is -2.07. The van der Waals surface area contributed by atoms with Gasteiger partial charge in [-0.2, -0.15) is 0 Å². The highest BCUT2D eigenvalue weighted by molar-refractivity contribution is 6.32. The smallest absolute Gasteiger partial charge is 0.134 e. The third-order valence-corrected chi connectivity index (χ3v) is 2.70. The van der Waals surface area contributed by atoms with Crippen LogP contribution in [0, 0.1) is 13.8 Å². The van der Waals surface area contributed by atoms with Crippen molar-refractivity contribution >= 4 is 17.4 Å². The van der Waals surface area contributed by atoms with E-state index in [9.17, 15) is 4.79 Å². The summed E-state index contributed by atoms with van der Waals surface area (Å²) in [5.74, 6) is 0.144. The van der Waals surface area contributed by atoms with Gasteiger partial charge in [0.25, 0.3) is 0 Å². The van der Waals surface area contributed by atoms with Crippen LogP contribution in [0.5, 0.6) is 0 Å². The Morgan fingerprint density at radius 1 is 1.38 bits per heavy atom. The molecule has 1 aromatic carbocycles. The Hall–Kier alpha value is -0.820. The molecule has 0 fully saturated rings. The number of aryl methyl sites for hydroxylation is 1. The van der Waals surface area contributed by atoms with Crippen LogP contribution in [0.4, 0.5) is 0 Å². The molecule has 0 spiro atoms. The number of hydrogen-bond acceptors (Lipinski definition) is 1. The topological polar surface area (TPSA) is 17.1 Å². The third kappa shape index (κ3) is 2.31. The number of halogens is 1. The molecule has 0 saturated heterocycles. The zero-order valence-corrected chi connectivity index (χ0v) is 8.90. The van der Waals surface area contributed by atoms with Gasteiger partial charge in [-0.1, -0.05) is 23.7 Å².